The average Bonchev–Trinajstić information content (AvgIpc) is 2.35. The molecule has 2 saturated heterocycles. The van der Waals surface area contributed by atoms with E-state index in [1.54, 1.807) is 0 Å². The van der Waals surface area contributed by atoms with Crippen molar-refractivity contribution < 1.29 is 24.1 Å². The lowest BCUT2D eigenvalue weighted by molar-refractivity contribution is -0.373. The van der Waals surface area contributed by atoms with E-state index >= 15 is 0 Å². The Bertz CT molecular complexity index is 371. The van der Waals surface area contributed by atoms with E-state index in [0.717, 1.165) is 0 Å². The number of aliphatic hydroxyl groups excluding tert-OH is 1. The first-order valence-electron chi connectivity index (χ1n) is 7.45. The maximum absolute atomic E-state index is 11.3. The van der Waals surface area contributed by atoms with E-state index in [-0.39, 0.29) is 35.9 Å². The fraction of sp³-hybridized carbons (Fsp3) is 0.933. The first-order valence-corrected chi connectivity index (χ1v) is 7.45. The number of ether oxygens (including phenoxy) is 3. The first kappa shape index (κ1) is 15.7. The standard InChI is InChI=1S/C15H26O5/c1-8-7-18-15(11(4)14(8)19-12(5)16)10(3)13(17)6-9(2)20-15/h8-11,13-14,17H,6-7H2,1-5H3/t8-,9-,10-,11+,13+,14+,15-/m0/s1. The Kier molecular flexibility index (Phi) is 4.42. The maximum Gasteiger partial charge on any atom is 0.302 e. The van der Waals surface area contributed by atoms with Crippen molar-refractivity contribution in [1.29, 1.82) is 0 Å². The highest BCUT2D eigenvalue weighted by Crippen LogP contribution is 2.46. The van der Waals surface area contributed by atoms with Gasteiger partial charge in [-0.25, -0.2) is 0 Å². The van der Waals surface area contributed by atoms with Crippen LogP contribution in [-0.2, 0) is 19.0 Å². The van der Waals surface area contributed by atoms with Gasteiger partial charge in [-0.15, -0.1) is 0 Å². The Morgan fingerprint density at radius 1 is 1.25 bits per heavy atom. The van der Waals surface area contributed by atoms with Crippen molar-refractivity contribution in [3.63, 3.8) is 0 Å². The summed E-state index contributed by atoms with van der Waals surface area (Å²) in [4.78, 5) is 11.3. The lowest BCUT2D eigenvalue weighted by atomic mass is 9.74. The van der Waals surface area contributed by atoms with Crippen molar-refractivity contribution >= 4 is 5.97 Å². The molecule has 5 heteroatoms. The molecule has 5 nitrogen and oxygen atoms in total. The van der Waals surface area contributed by atoms with Gasteiger partial charge in [0.05, 0.1) is 18.8 Å². The smallest absolute Gasteiger partial charge is 0.302 e. The van der Waals surface area contributed by atoms with Crippen LogP contribution in [0.4, 0.5) is 0 Å². The van der Waals surface area contributed by atoms with Crippen molar-refractivity contribution in [1.82, 2.24) is 0 Å². The van der Waals surface area contributed by atoms with Crippen LogP contribution in [0.5, 0.6) is 0 Å². The lowest BCUT2D eigenvalue weighted by Crippen LogP contribution is -2.64. The number of carbonyl (C=O) groups is 1. The van der Waals surface area contributed by atoms with Crippen LogP contribution in [0.2, 0.25) is 0 Å². The van der Waals surface area contributed by atoms with Crippen molar-refractivity contribution in [3.8, 4) is 0 Å². The van der Waals surface area contributed by atoms with Gasteiger partial charge in [0.25, 0.3) is 0 Å². The molecule has 0 bridgehead atoms. The van der Waals surface area contributed by atoms with Gasteiger partial charge in [-0.2, -0.15) is 0 Å². The normalized spacial score (nSPS) is 49.1. The molecular formula is C15H26O5. The number of aliphatic hydroxyl groups is 1. The SMILES string of the molecule is CC(=O)O[C@H]1[C@@H](C)[C@@]2(OC[C@@H]1C)O[C@@H](C)C[C@@H](O)[C@@H]2C. The molecule has 2 fully saturated rings. The van der Waals surface area contributed by atoms with Crippen molar-refractivity contribution in [2.24, 2.45) is 17.8 Å². The first-order chi connectivity index (χ1) is 9.28. The van der Waals surface area contributed by atoms with Crippen molar-refractivity contribution in [2.75, 3.05) is 6.61 Å². The van der Waals surface area contributed by atoms with Gasteiger partial charge in [-0.05, 0) is 13.3 Å². The molecule has 1 spiro atoms. The quantitative estimate of drug-likeness (QED) is 0.744. The van der Waals surface area contributed by atoms with E-state index in [2.05, 4.69) is 0 Å². The monoisotopic (exact) mass is 286 g/mol. The van der Waals surface area contributed by atoms with Gasteiger partial charge in [0.2, 0.25) is 0 Å². The summed E-state index contributed by atoms with van der Waals surface area (Å²) in [6.45, 7) is 9.74. The summed E-state index contributed by atoms with van der Waals surface area (Å²) < 4.78 is 17.6. The molecule has 116 valence electrons. The average molecular weight is 286 g/mol. The molecule has 2 aliphatic heterocycles. The second-order valence-electron chi connectivity index (χ2n) is 6.39. The minimum Gasteiger partial charge on any atom is -0.462 e. The van der Waals surface area contributed by atoms with Gasteiger partial charge in [0, 0.05) is 24.7 Å². The van der Waals surface area contributed by atoms with Gasteiger partial charge >= 0.3 is 5.97 Å². The van der Waals surface area contributed by atoms with E-state index in [0.29, 0.717) is 13.0 Å². The number of hydrogen-bond acceptors (Lipinski definition) is 5. The molecule has 0 aliphatic carbocycles. The van der Waals surface area contributed by atoms with Gasteiger partial charge in [0.1, 0.15) is 6.10 Å². The molecule has 20 heavy (non-hydrogen) atoms. The summed E-state index contributed by atoms with van der Waals surface area (Å²) in [5.41, 5.74) is 0. The summed E-state index contributed by atoms with van der Waals surface area (Å²) in [5.74, 6) is -1.32. The molecule has 0 amide bonds. The number of hydrogen-bond donors (Lipinski definition) is 1. The zero-order chi connectivity index (χ0) is 15.1. The molecule has 1 N–H and O–H groups in total. The van der Waals surface area contributed by atoms with Gasteiger partial charge < -0.3 is 19.3 Å². The zero-order valence-electron chi connectivity index (χ0n) is 13.0. The maximum atomic E-state index is 11.3. The van der Waals surface area contributed by atoms with Gasteiger partial charge in [-0.3, -0.25) is 4.79 Å². The molecule has 0 radical (unpaired) electrons. The Balaban J connectivity index is 2.27. The largest absolute Gasteiger partial charge is 0.462 e. The molecule has 0 saturated carbocycles. The Hall–Kier alpha value is -0.650. The summed E-state index contributed by atoms with van der Waals surface area (Å²) in [7, 11) is 0. The number of esters is 1. The predicted molar refractivity (Wildman–Crippen MR) is 72.9 cm³/mol. The van der Waals surface area contributed by atoms with Gasteiger partial charge in [-0.1, -0.05) is 20.8 Å². The van der Waals surface area contributed by atoms with Crippen LogP contribution in [-0.4, -0.2) is 41.8 Å². The van der Waals surface area contributed by atoms with Crippen LogP contribution >= 0.6 is 0 Å². The molecule has 0 unspecified atom stereocenters. The number of carbonyl (C=O) groups excluding carboxylic acids is 1. The minimum absolute atomic E-state index is 0.0740. The number of rotatable bonds is 1. The highest BCUT2D eigenvalue weighted by atomic mass is 16.7. The van der Waals surface area contributed by atoms with Crippen LogP contribution in [0, 0.1) is 17.8 Å². The second kappa shape index (κ2) is 5.62. The van der Waals surface area contributed by atoms with Crippen LogP contribution in [0.3, 0.4) is 0 Å². The molecule has 0 aromatic carbocycles. The van der Waals surface area contributed by atoms with E-state index in [4.69, 9.17) is 14.2 Å². The highest BCUT2D eigenvalue weighted by Gasteiger charge is 2.57. The minimum atomic E-state index is -0.871. The molecule has 2 rings (SSSR count). The van der Waals surface area contributed by atoms with E-state index in [1.165, 1.54) is 6.92 Å². The fourth-order valence-corrected chi connectivity index (χ4v) is 3.59. The van der Waals surface area contributed by atoms with E-state index in [9.17, 15) is 9.90 Å². The molecule has 0 aromatic rings. The fourth-order valence-electron chi connectivity index (χ4n) is 3.59. The van der Waals surface area contributed by atoms with Crippen LogP contribution < -0.4 is 0 Å². The lowest BCUT2D eigenvalue weighted by Gasteiger charge is -2.55. The summed E-state index contributed by atoms with van der Waals surface area (Å²) in [5, 5.41) is 10.2. The van der Waals surface area contributed by atoms with E-state index < -0.39 is 11.9 Å². The molecule has 7 atom stereocenters. The molecule has 2 aliphatic rings. The van der Waals surface area contributed by atoms with Gasteiger partial charge in [0.15, 0.2) is 5.79 Å². The van der Waals surface area contributed by atoms with Crippen molar-refractivity contribution in [2.45, 2.75) is 65.1 Å². The Morgan fingerprint density at radius 2 is 1.90 bits per heavy atom. The Labute approximate surface area is 120 Å². The topological polar surface area (TPSA) is 65.0 Å². The predicted octanol–water partition coefficient (Wildman–Crippen LogP) is 1.72. The highest BCUT2D eigenvalue weighted by molar-refractivity contribution is 5.66. The molecule has 2 heterocycles. The molecular weight excluding hydrogens is 260 g/mol. The summed E-state index contributed by atoms with van der Waals surface area (Å²) in [6, 6.07) is 0. The second-order valence-corrected chi connectivity index (χ2v) is 6.39. The van der Waals surface area contributed by atoms with Crippen molar-refractivity contribution in [3.05, 3.63) is 0 Å². The summed E-state index contributed by atoms with van der Waals surface area (Å²) in [6.07, 6.45) is -0.184. The van der Waals surface area contributed by atoms with E-state index in [1.807, 2.05) is 27.7 Å². The third-order valence-electron chi connectivity index (χ3n) is 4.73. The Morgan fingerprint density at radius 3 is 2.50 bits per heavy atom. The van der Waals surface area contributed by atoms with Crippen LogP contribution in [0.15, 0.2) is 0 Å². The summed E-state index contributed by atoms with van der Waals surface area (Å²) >= 11 is 0. The third kappa shape index (κ3) is 2.59. The van der Waals surface area contributed by atoms with Crippen LogP contribution in [0.1, 0.15) is 41.0 Å². The third-order valence-corrected chi connectivity index (χ3v) is 4.73. The van der Waals surface area contributed by atoms with Crippen LogP contribution in [0.25, 0.3) is 0 Å². The molecule has 0 aromatic heterocycles. The zero-order valence-corrected chi connectivity index (χ0v) is 13.0.